The summed E-state index contributed by atoms with van der Waals surface area (Å²) in [7, 11) is -3.46. The Bertz CT molecular complexity index is 1270. The third-order valence-electron chi connectivity index (χ3n) is 5.89. The summed E-state index contributed by atoms with van der Waals surface area (Å²) < 4.78 is 30.0. The first-order valence-electron chi connectivity index (χ1n) is 10.0. The Morgan fingerprint density at radius 1 is 1.13 bits per heavy atom. The summed E-state index contributed by atoms with van der Waals surface area (Å²) >= 11 is 0. The molecule has 2 aromatic carbocycles. The Morgan fingerprint density at radius 2 is 1.97 bits per heavy atom. The standard InChI is InChI=1S/C22H23N5O2S/c1-16-11-17(15-27(16)30(28,29)20-5-3-2-4-6-20)14-26-10-9-19-12-18(7-8-22(19)26)21-13-23-25-24-21/h2-10,12-13,16-17H,11,14-15H2,1H3,(H,23,24,25)/t16-,17?/m0/s1. The number of nitrogens with one attached hydrogen (secondary N) is 1. The van der Waals surface area contributed by atoms with Crippen molar-refractivity contribution in [1.29, 1.82) is 0 Å². The van der Waals surface area contributed by atoms with Crippen LogP contribution in [0.4, 0.5) is 0 Å². The van der Waals surface area contributed by atoms with Gasteiger partial charge < -0.3 is 4.57 Å². The average Bonchev–Trinajstić information content (AvgIpc) is 3.49. The fraction of sp³-hybridized carbons (Fsp3) is 0.273. The van der Waals surface area contributed by atoms with Crippen LogP contribution >= 0.6 is 0 Å². The lowest BCUT2D eigenvalue weighted by molar-refractivity contribution is 0.400. The number of aromatic nitrogens is 4. The van der Waals surface area contributed by atoms with Gasteiger partial charge in [0.25, 0.3) is 0 Å². The predicted octanol–water partition coefficient (Wildman–Crippen LogP) is 3.53. The van der Waals surface area contributed by atoms with Crippen LogP contribution in [-0.4, -0.2) is 45.3 Å². The van der Waals surface area contributed by atoms with Gasteiger partial charge in [-0.05, 0) is 49.6 Å². The van der Waals surface area contributed by atoms with E-state index in [2.05, 4.69) is 44.4 Å². The van der Waals surface area contributed by atoms with E-state index in [1.807, 2.05) is 19.1 Å². The highest BCUT2D eigenvalue weighted by Gasteiger charge is 2.37. The van der Waals surface area contributed by atoms with Crippen LogP contribution in [0.5, 0.6) is 0 Å². The Labute approximate surface area is 175 Å². The van der Waals surface area contributed by atoms with Crippen LogP contribution < -0.4 is 0 Å². The molecule has 1 fully saturated rings. The molecule has 1 aliphatic heterocycles. The number of benzene rings is 2. The molecule has 2 aromatic heterocycles. The van der Waals surface area contributed by atoms with Gasteiger partial charge >= 0.3 is 0 Å². The van der Waals surface area contributed by atoms with E-state index in [0.717, 1.165) is 35.1 Å². The van der Waals surface area contributed by atoms with Gasteiger partial charge in [-0.1, -0.05) is 24.3 Å². The van der Waals surface area contributed by atoms with Crippen molar-refractivity contribution in [3.05, 3.63) is 67.0 Å². The van der Waals surface area contributed by atoms with E-state index in [1.54, 1.807) is 34.8 Å². The molecule has 5 rings (SSSR count). The molecule has 8 heteroatoms. The second kappa shape index (κ2) is 7.37. The molecular formula is C22H23N5O2S. The highest BCUT2D eigenvalue weighted by atomic mass is 32.2. The minimum Gasteiger partial charge on any atom is -0.347 e. The molecule has 0 amide bonds. The van der Waals surface area contributed by atoms with E-state index in [-0.39, 0.29) is 12.0 Å². The topological polar surface area (TPSA) is 83.9 Å². The molecule has 0 radical (unpaired) electrons. The maximum Gasteiger partial charge on any atom is 0.243 e. The number of rotatable bonds is 5. The number of hydrogen-bond donors (Lipinski definition) is 1. The molecule has 4 aromatic rings. The van der Waals surface area contributed by atoms with E-state index >= 15 is 0 Å². The van der Waals surface area contributed by atoms with Crippen LogP contribution in [0.2, 0.25) is 0 Å². The molecule has 0 saturated carbocycles. The minimum absolute atomic E-state index is 0.0131. The second-order valence-corrected chi connectivity index (χ2v) is 9.83. The summed E-state index contributed by atoms with van der Waals surface area (Å²) in [4.78, 5) is 0.365. The molecule has 1 saturated heterocycles. The number of fused-ring (bicyclic) bond motifs is 1. The molecular weight excluding hydrogens is 398 g/mol. The zero-order valence-corrected chi connectivity index (χ0v) is 17.5. The fourth-order valence-corrected chi connectivity index (χ4v) is 6.18. The summed E-state index contributed by atoms with van der Waals surface area (Å²) in [5, 5.41) is 11.8. The summed E-state index contributed by atoms with van der Waals surface area (Å²) in [5.74, 6) is 0.268. The number of H-pyrrole nitrogens is 1. The van der Waals surface area contributed by atoms with Crippen LogP contribution in [-0.2, 0) is 16.6 Å². The van der Waals surface area contributed by atoms with Crippen molar-refractivity contribution < 1.29 is 8.42 Å². The van der Waals surface area contributed by atoms with Gasteiger partial charge in [-0.15, -0.1) is 0 Å². The van der Waals surface area contributed by atoms with E-state index in [0.29, 0.717) is 11.4 Å². The summed E-state index contributed by atoms with van der Waals surface area (Å²) in [6, 6.07) is 17.0. The Kier molecular flexibility index (Phi) is 4.67. The third-order valence-corrected chi connectivity index (χ3v) is 7.88. The molecule has 1 N–H and O–H groups in total. The van der Waals surface area contributed by atoms with Crippen molar-refractivity contribution in [3.63, 3.8) is 0 Å². The molecule has 7 nitrogen and oxygen atoms in total. The normalized spacial score (nSPS) is 20.2. The lowest BCUT2D eigenvalue weighted by Gasteiger charge is -2.21. The first-order chi connectivity index (χ1) is 14.5. The van der Waals surface area contributed by atoms with Gasteiger partial charge in [0.1, 0.15) is 5.69 Å². The Hall–Kier alpha value is -2.97. The van der Waals surface area contributed by atoms with E-state index in [1.165, 1.54) is 0 Å². The second-order valence-electron chi connectivity index (χ2n) is 7.94. The minimum atomic E-state index is -3.46. The van der Waals surface area contributed by atoms with Crippen molar-refractivity contribution >= 4 is 20.9 Å². The van der Waals surface area contributed by atoms with Crippen molar-refractivity contribution in [2.75, 3.05) is 6.54 Å². The summed E-state index contributed by atoms with van der Waals surface area (Å²) in [6.45, 7) is 3.32. The maximum absolute atomic E-state index is 13.1. The number of sulfonamides is 1. The monoisotopic (exact) mass is 421 g/mol. The maximum atomic E-state index is 13.1. The molecule has 1 aliphatic rings. The fourth-order valence-electron chi connectivity index (χ4n) is 4.44. The van der Waals surface area contributed by atoms with Crippen LogP contribution in [0.25, 0.3) is 22.2 Å². The van der Waals surface area contributed by atoms with Gasteiger partial charge in [-0.3, -0.25) is 0 Å². The lowest BCUT2D eigenvalue weighted by Crippen LogP contribution is -2.34. The van der Waals surface area contributed by atoms with Gasteiger partial charge in [-0.2, -0.15) is 19.7 Å². The molecule has 3 heterocycles. The lowest BCUT2D eigenvalue weighted by atomic mass is 10.1. The summed E-state index contributed by atoms with van der Waals surface area (Å²) in [5.41, 5.74) is 2.97. The smallest absolute Gasteiger partial charge is 0.243 e. The molecule has 0 bridgehead atoms. The molecule has 154 valence electrons. The molecule has 30 heavy (non-hydrogen) atoms. The highest BCUT2D eigenvalue weighted by Crippen LogP contribution is 2.31. The third kappa shape index (κ3) is 3.32. The van der Waals surface area contributed by atoms with Gasteiger partial charge in [0.2, 0.25) is 10.0 Å². The molecule has 1 unspecified atom stereocenters. The van der Waals surface area contributed by atoms with Gasteiger partial charge in [0, 0.05) is 41.8 Å². The Morgan fingerprint density at radius 3 is 2.73 bits per heavy atom. The van der Waals surface area contributed by atoms with E-state index in [4.69, 9.17) is 0 Å². The SMILES string of the molecule is C[C@H]1CC(Cn2ccc3cc(-c4cn[nH]n4)ccc32)CN1S(=O)(=O)c1ccccc1. The van der Waals surface area contributed by atoms with Crippen molar-refractivity contribution in [2.24, 2.45) is 5.92 Å². The van der Waals surface area contributed by atoms with Crippen molar-refractivity contribution in [3.8, 4) is 11.3 Å². The van der Waals surface area contributed by atoms with Crippen molar-refractivity contribution in [2.45, 2.75) is 30.8 Å². The van der Waals surface area contributed by atoms with E-state index in [9.17, 15) is 8.42 Å². The largest absolute Gasteiger partial charge is 0.347 e. The first kappa shape index (κ1) is 19.0. The van der Waals surface area contributed by atoms with Crippen LogP contribution in [0.1, 0.15) is 13.3 Å². The predicted molar refractivity (Wildman–Crippen MR) is 115 cm³/mol. The molecule has 0 spiro atoms. The molecule has 2 atom stereocenters. The molecule has 0 aliphatic carbocycles. The van der Waals surface area contributed by atoms with Crippen LogP contribution in [0, 0.1) is 5.92 Å². The number of nitrogens with zero attached hydrogens (tertiary/aromatic N) is 4. The van der Waals surface area contributed by atoms with Gasteiger partial charge in [-0.25, -0.2) is 8.42 Å². The summed E-state index contributed by atoms with van der Waals surface area (Å²) in [6.07, 6.45) is 4.64. The van der Waals surface area contributed by atoms with E-state index < -0.39 is 10.0 Å². The van der Waals surface area contributed by atoms with Crippen LogP contribution in [0.3, 0.4) is 0 Å². The van der Waals surface area contributed by atoms with Gasteiger partial charge in [0.15, 0.2) is 0 Å². The van der Waals surface area contributed by atoms with Crippen LogP contribution in [0.15, 0.2) is 71.9 Å². The Balaban J connectivity index is 1.36. The quantitative estimate of drug-likeness (QED) is 0.534. The number of hydrogen-bond acceptors (Lipinski definition) is 4. The highest BCUT2D eigenvalue weighted by molar-refractivity contribution is 7.89. The van der Waals surface area contributed by atoms with Gasteiger partial charge in [0.05, 0.1) is 11.1 Å². The zero-order valence-electron chi connectivity index (χ0n) is 16.6. The number of aromatic amines is 1. The average molecular weight is 422 g/mol. The first-order valence-corrected chi connectivity index (χ1v) is 11.5. The van der Waals surface area contributed by atoms with Crippen molar-refractivity contribution in [1.82, 2.24) is 24.3 Å². The zero-order chi connectivity index (χ0) is 20.7.